The fraction of sp³-hybridized carbons (Fsp3) is 1.00. The molecule has 0 radical (unpaired) electrons. The molecule has 1 rings (SSSR count). The second-order valence-electron chi connectivity index (χ2n) is 3.01. The molecule has 2 nitrogen and oxygen atoms in total. The molecule has 0 spiro atoms. The molecule has 1 heterocycles. The summed E-state index contributed by atoms with van der Waals surface area (Å²) in [5.74, 6) is 0. The van der Waals surface area contributed by atoms with Gasteiger partial charge in [-0.1, -0.05) is 6.42 Å². The summed E-state index contributed by atoms with van der Waals surface area (Å²) in [6.07, 6.45) is 6.10. The van der Waals surface area contributed by atoms with Gasteiger partial charge in [0.1, 0.15) is 0 Å². The maximum Gasteiger partial charge on any atom is 0.0431 e. The monoisotopic (exact) mass is 179 g/mol. The Hall–Kier alpha value is 0.210. The van der Waals surface area contributed by atoms with Gasteiger partial charge in [0.2, 0.25) is 0 Å². The molecular formula is C8H18ClNO. The molecule has 1 fully saturated rings. The summed E-state index contributed by atoms with van der Waals surface area (Å²) < 4.78 is 0. The third-order valence-electron chi connectivity index (χ3n) is 2.12. The molecule has 0 bridgehead atoms. The third kappa shape index (κ3) is 4.62. The van der Waals surface area contributed by atoms with Gasteiger partial charge in [0.15, 0.2) is 0 Å². The number of hydrogen-bond acceptors (Lipinski definition) is 2. The number of hydrogen-bond donors (Lipinski definition) is 2. The minimum absolute atomic E-state index is 0. The van der Waals surface area contributed by atoms with Crippen LogP contribution in [-0.4, -0.2) is 24.3 Å². The second-order valence-corrected chi connectivity index (χ2v) is 3.01. The zero-order chi connectivity index (χ0) is 7.23. The van der Waals surface area contributed by atoms with Crippen molar-refractivity contribution >= 4 is 12.4 Å². The van der Waals surface area contributed by atoms with E-state index in [1.54, 1.807) is 0 Å². The highest BCUT2D eigenvalue weighted by Gasteiger charge is 2.10. The normalized spacial score (nSPS) is 24.3. The van der Waals surface area contributed by atoms with Gasteiger partial charge in [-0.05, 0) is 32.2 Å². The summed E-state index contributed by atoms with van der Waals surface area (Å²) in [5.41, 5.74) is 0. The summed E-state index contributed by atoms with van der Waals surface area (Å²) in [7, 11) is 0. The molecule has 1 atom stereocenters. The summed E-state index contributed by atoms with van der Waals surface area (Å²) in [6.45, 7) is 1.52. The predicted octanol–water partition coefficient (Wildman–Crippen LogP) is 1.32. The minimum atomic E-state index is 0. The predicted molar refractivity (Wildman–Crippen MR) is 49.2 cm³/mol. The lowest BCUT2D eigenvalue weighted by Crippen LogP contribution is -2.33. The van der Waals surface area contributed by atoms with Gasteiger partial charge in [-0.15, -0.1) is 12.4 Å². The van der Waals surface area contributed by atoms with Crippen molar-refractivity contribution in [3.05, 3.63) is 0 Å². The van der Waals surface area contributed by atoms with Crippen molar-refractivity contribution in [1.82, 2.24) is 5.32 Å². The van der Waals surface area contributed by atoms with Crippen molar-refractivity contribution in [2.75, 3.05) is 13.2 Å². The van der Waals surface area contributed by atoms with E-state index in [1.807, 2.05) is 0 Å². The van der Waals surface area contributed by atoms with Crippen molar-refractivity contribution in [2.45, 2.75) is 38.1 Å². The maximum absolute atomic E-state index is 8.57. The Kier molecular flexibility index (Phi) is 7.02. The fourth-order valence-corrected chi connectivity index (χ4v) is 1.51. The summed E-state index contributed by atoms with van der Waals surface area (Å²) in [6, 6.07) is 0.695. The van der Waals surface area contributed by atoms with Crippen molar-refractivity contribution in [2.24, 2.45) is 0 Å². The molecule has 0 aromatic carbocycles. The van der Waals surface area contributed by atoms with Gasteiger partial charge in [-0.2, -0.15) is 0 Å². The molecule has 1 saturated heterocycles. The van der Waals surface area contributed by atoms with E-state index in [-0.39, 0.29) is 12.4 Å². The lowest BCUT2D eigenvalue weighted by Gasteiger charge is -2.22. The van der Waals surface area contributed by atoms with E-state index in [4.69, 9.17) is 5.11 Å². The van der Waals surface area contributed by atoms with Gasteiger partial charge >= 0.3 is 0 Å². The Balaban J connectivity index is 0.000001000. The summed E-state index contributed by atoms with van der Waals surface area (Å²) in [5, 5.41) is 12.0. The van der Waals surface area contributed by atoms with Crippen molar-refractivity contribution in [1.29, 1.82) is 0 Å². The van der Waals surface area contributed by atoms with Gasteiger partial charge in [0.25, 0.3) is 0 Å². The molecule has 0 saturated carbocycles. The fourth-order valence-electron chi connectivity index (χ4n) is 1.51. The lowest BCUT2D eigenvalue weighted by atomic mass is 10.0. The third-order valence-corrected chi connectivity index (χ3v) is 2.12. The van der Waals surface area contributed by atoms with E-state index in [0.717, 1.165) is 12.8 Å². The largest absolute Gasteiger partial charge is 0.396 e. The first-order chi connectivity index (χ1) is 4.93. The van der Waals surface area contributed by atoms with Gasteiger partial charge in [-0.25, -0.2) is 0 Å². The quantitative estimate of drug-likeness (QED) is 0.685. The summed E-state index contributed by atoms with van der Waals surface area (Å²) in [4.78, 5) is 0. The van der Waals surface area contributed by atoms with Crippen LogP contribution >= 0.6 is 12.4 Å². The molecule has 0 aromatic heterocycles. The minimum Gasteiger partial charge on any atom is -0.396 e. The van der Waals surface area contributed by atoms with Gasteiger partial charge in [0, 0.05) is 12.6 Å². The van der Waals surface area contributed by atoms with Crippen LogP contribution in [0.4, 0.5) is 0 Å². The zero-order valence-corrected chi connectivity index (χ0v) is 7.70. The van der Waals surface area contributed by atoms with E-state index in [2.05, 4.69) is 5.32 Å². The molecule has 3 heteroatoms. The standard InChI is InChI=1S/C8H17NO.ClH/c10-7-3-5-8-4-1-2-6-9-8;/h8-10H,1-7H2;1H/t8-;/m1./s1. The van der Waals surface area contributed by atoms with Crippen LogP contribution in [0.3, 0.4) is 0 Å². The molecule has 0 aromatic rings. The van der Waals surface area contributed by atoms with Crippen LogP contribution < -0.4 is 5.32 Å². The van der Waals surface area contributed by atoms with Crippen LogP contribution in [0, 0.1) is 0 Å². The first-order valence-electron chi connectivity index (χ1n) is 4.27. The topological polar surface area (TPSA) is 32.3 Å². The van der Waals surface area contributed by atoms with Gasteiger partial charge < -0.3 is 10.4 Å². The molecule has 11 heavy (non-hydrogen) atoms. The number of nitrogens with one attached hydrogen (secondary N) is 1. The lowest BCUT2D eigenvalue weighted by molar-refractivity contribution is 0.266. The van der Waals surface area contributed by atoms with E-state index >= 15 is 0 Å². The average molecular weight is 180 g/mol. The van der Waals surface area contributed by atoms with Crippen LogP contribution in [0.2, 0.25) is 0 Å². The first-order valence-corrected chi connectivity index (χ1v) is 4.27. The molecule has 0 amide bonds. The van der Waals surface area contributed by atoms with Crippen LogP contribution in [0.1, 0.15) is 32.1 Å². The number of halogens is 1. The Bertz CT molecular complexity index is 84.2. The number of piperidine rings is 1. The molecular weight excluding hydrogens is 162 g/mol. The highest BCUT2D eigenvalue weighted by atomic mass is 35.5. The SMILES string of the molecule is Cl.OCCC[C@H]1CCCCN1. The van der Waals surface area contributed by atoms with Gasteiger partial charge in [0.05, 0.1) is 0 Å². The van der Waals surface area contributed by atoms with Crippen molar-refractivity contribution in [3.8, 4) is 0 Å². The Morgan fingerprint density at radius 1 is 1.36 bits per heavy atom. The number of aliphatic hydroxyl groups is 1. The van der Waals surface area contributed by atoms with E-state index in [0.29, 0.717) is 12.6 Å². The maximum atomic E-state index is 8.57. The van der Waals surface area contributed by atoms with Crippen LogP contribution in [0.25, 0.3) is 0 Å². The molecule has 0 unspecified atom stereocenters. The molecule has 2 N–H and O–H groups in total. The highest BCUT2D eigenvalue weighted by Crippen LogP contribution is 2.10. The summed E-state index contributed by atoms with van der Waals surface area (Å²) >= 11 is 0. The zero-order valence-electron chi connectivity index (χ0n) is 6.88. The van der Waals surface area contributed by atoms with Gasteiger partial charge in [-0.3, -0.25) is 0 Å². The smallest absolute Gasteiger partial charge is 0.0431 e. The number of aliphatic hydroxyl groups excluding tert-OH is 1. The highest BCUT2D eigenvalue weighted by molar-refractivity contribution is 5.85. The number of rotatable bonds is 3. The van der Waals surface area contributed by atoms with Crippen LogP contribution in [0.15, 0.2) is 0 Å². The molecule has 68 valence electrons. The Morgan fingerprint density at radius 3 is 2.73 bits per heavy atom. The van der Waals surface area contributed by atoms with E-state index < -0.39 is 0 Å². The van der Waals surface area contributed by atoms with Crippen molar-refractivity contribution < 1.29 is 5.11 Å². The van der Waals surface area contributed by atoms with Crippen LogP contribution in [-0.2, 0) is 0 Å². The van der Waals surface area contributed by atoms with Crippen LogP contribution in [0.5, 0.6) is 0 Å². The van der Waals surface area contributed by atoms with E-state index in [1.165, 1.54) is 25.8 Å². The molecule has 1 aliphatic rings. The first kappa shape index (κ1) is 11.2. The average Bonchev–Trinajstić information content (AvgIpc) is 2.03. The molecule has 1 aliphatic heterocycles. The van der Waals surface area contributed by atoms with Crippen molar-refractivity contribution in [3.63, 3.8) is 0 Å². The second kappa shape index (κ2) is 6.89. The molecule has 0 aliphatic carbocycles. The Morgan fingerprint density at radius 2 is 2.18 bits per heavy atom. The Labute approximate surface area is 74.8 Å². The van der Waals surface area contributed by atoms with E-state index in [9.17, 15) is 0 Å².